The van der Waals surface area contributed by atoms with Crippen molar-refractivity contribution < 1.29 is 29.3 Å². The van der Waals surface area contributed by atoms with Gasteiger partial charge < -0.3 is 24.6 Å². The van der Waals surface area contributed by atoms with E-state index in [2.05, 4.69) is 4.90 Å². The van der Waals surface area contributed by atoms with Crippen LogP contribution in [-0.2, 0) is 20.9 Å². The zero-order valence-corrected chi connectivity index (χ0v) is 21.0. The molecule has 0 saturated carbocycles. The van der Waals surface area contributed by atoms with Gasteiger partial charge in [0.05, 0.1) is 24.8 Å². The summed E-state index contributed by atoms with van der Waals surface area (Å²) >= 11 is 0. The minimum atomic E-state index is -0.773. The van der Waals surface area contributed by atoms with E-state index in [1.807, 2.05) is 30.3 Å². The fourth-order valence-electron chi connectivity index (χ4n) is 4.79. The molecule has 2 saturated heterocycles. The number of ether oxygens (including phenoxy) is 2. The molecule has 1 unspecified atom stereocenters. The van der Waals surface area contributed by atoms with Crippen molar-refractivity contribution in [2.45, 2.75) is 12.6 Å². The monoisotopic (exact) mass is 514 g/mol. The predicted molar refractivity (Wildman–Crippen MR) is 142 cm³/mol. The molecule has 2 aliphatic rings. The van der Waals surface area contributed by atoms with Crippen molar-refractivity contribution in [2.75, 3.05) is 39.4 Å². The molecule has 0 aromatic heterocycles. The van der Waals surface area contributed by atoms with Crippen LogP contribution in [0.15, 0.2) is 84.4 Å². The summed E-state index contributed by atoms with van der Waals surface area (Å²) in [5.41, 5.74) is 2.10. The van der Waals surface area contributed by atoms with Crippen molar-refractivity contribution in [3.05, 3.63) is 101 Å². The molecule has 2 heterocycles. The molecule has 8 heteroatoms. The zero-order chi connectivity index (χ0) is 26.5. The number of phenols is 1. The summed E-state index contributed by atoms with van der Waals surface area (Å²) in [6, 6.07) is 22.2. The zero-order valence-electron chi connectivity index (χ0n) is 21.0. The van der Waals surface area contributed by atoms with Gasteiger partial charge in [-0.3, -0.25) is 14.5 Å². The number of carbonyl (C=O) groups excluding carboxylic acids is 2. The third-order valence-corrected chi connectivity index (χ3v) is 6.89. The number of hydrogen-bond acceptors (Lipinski definition) is 7. The molecule has 0 aliphatic carbocycles. The third-order valence-electron chi connectivity index (χ3n) is 6.89. The summed E-state index contributed by atoms with van der Waals surface area (Å²) < 4.78 is 11.2. The molecule has 1 atom stereocenters. The van der Waals surface area contributed by atoms with Crippen LogP contribution in [-0.4, -0.2) is 71.1 Å². The van der Waals surface area contributed by atoms with Crippen LogP contribution >= 0.6 is 0 Å². The number of benzene rings is 3. The summed E-state index contributed by atoms with van der Waals surface area (Å²) in [7, 11) is 0. The van der Waals surface area contributed by atoms with Crippen molar-refractivity contribution in [2.24, 2.45) is 0 Å². The lowest BCUT2D eigenvalue weighted by Crippen LogP contribution is -2.42. The molecule has 0 radical (unpaired) electrons. The predicted octanol–water partition coefficient (Wildman–Crippen LogP) is 3.73. The summed E-state index contributed by atoms with van der Waals surface area (Å²) in [5.74, 6) is -0.936. The summed E-state index contributed by atoms with van der Waals surface area (Å²) in [4.78, 5) is 30.1. The lowest BCUT2D eigenvalue weighted by atomic mass is 9.95. The lowest BCUT2D eigenvalue weighted by Gasteiger charge is -2.31. The quantitative estimate of drug-likeness (QED) is 0.269. The van der Waals surface area contributed by atoms with Gasteiger partial charge >= 0.3 is 0 Å². The standard InChI is InChI=1S/C30H30N2O6/c33-24-10-6-22(7-11-24)27-26(29(35)30(36)32(27)15-14-31-16-18-37-19-17-31)28(34)23-8-12-25(13-9-23)38-20-21-4-2-1-3-5-21/h1-13,27,33-34H,14-20H2/b28-26+. The molecule has 2 N–H and O–H groups in total. The number of morpholine rings is 1. The molecule has 196 valence electrons. The van der Waals surface area contributed by atoms with Crippen molar-refractivity contribution in [1.82, 2.24) is 9.80 Å². The average molecular weight is 515 g/mol. The highest BCUT2D eigenvalue weighted by atomic mass is 16.5. The van der Waals surface area contributed by atoms with Crippen molar-refractivity contribution in [1.29, 1.82) is 0 Å². The van der Waals surface area contributed by atoms with E-state index < -0.39 is 17.7 Å². The van der Waals surface area contributed by atoms with Crippen molar-refractivity contribution in [3.63, 3.8) is 0 Å². The molecular weight excluding hydrogens is 484 g/mol. The van der Waals surface area contributed by atoms with Gasteiger partial charge in [0, 0.05) is 31.7 Å². The van der Waals surface area contributed by atoms with Crippen LogP contribution in [0.25, 0.3) is 5.76 Å². The molecule has 1 amide bonds. The molecule has 0 spiro atoms. The number of aromatic hydroxyl groups is 1. The van der Waals surface area contributed by atoms with E-state index in [1.165, 1.54) is 17.0 Å². The van der Waals surface area contributed by atoms with Crippen LogP contribution in [0.3, 0.4) is 0 Å². The molecule has 3 aromatic carbocycles. The number of aliphatic hydroxyl groups excluding tert-OH is 1. The highest BCUT2D eigenvalue weighted by Gasteiger charge is 2.46. The largest absolute Gasteiger partial charge is 0.508 e. The van der Waals surface area contributed by atoms with Gasteiger partial charge in [0.1, 0.15) is 23.9 Å². The van der Waals surface area contributed by atoms with Crippen LogP contribution in [0.2, 0.25) is 0 Å². The molecule has 0 bridgehead atoms. The maximum atomic E-state index is 13.2. The first-order valence-electron chi connectivity index (χ1n) is 12.7. The molecule has 2 aliphatic heterocycles. The fraction of sp³-hybridized carbons (Fsp3) is 0.267. The highest BCUT2D eigenvalue weighted by molar-refractivity contribution is 6.46. The average Bonchev–Trinajstić information content (AvgIpc) is 3.21. The summed E-state index contributed by atoms with van der Waals surface area (Å²) in [5, 5.41) is 21.1. The first-order valence-corrected chi connectivity index (χ1v) is 12.7. The van der Waals surface area contributed by atoms with E-state index in [0.717, 1.165) is 18.7 Å². The second-order valence-electron chi connectivity index (χ2n) is 9.34. The second-order valence-corrected chi connectivity index (χ2v) is 9.34. The van der Waals surface area contributed by atoms with E-state index in [1.54, 1.807) is 36.4 Å². The second kappa shape index (κ2) is 11.5. The molecule has 38 heavy (non-hydrogen) atoms. The summed E-state index contributed by atoms with van der Waals surface area (Å²) in [6.45, 7) is 4.08. The topological polar surface area (TPSA) is 99.5 Å². The van der Waals surface area contributed by atoms with Crippen molar-refractivity contribution in [3.8, 4) is 11.5 Å². The number of amides is 1. The number of ketones is 1. The smallest absolute Gasteiger partial charge is 0.295 e. The van der Waals surface area contributed by atoms with Crippen LogP contribution < -0.4 is 4.74 Å². The Kier molecular flexibility index (Phi) is 7.72. The number of carbonyl (C=O) groups is 2. The van der Waals surface area contributed by atoms with E-state index in [9.17, 15) is 19.8 Å². The number of likely N-dealkylation sites (tertiary alicyclic amines) is 1. The van der Waals surface area contributed by atoms with Crippen LogP contribution in [0.5, 0.6) is 11.5 Å². The number of aliphatic hydroxyl groups is 1. The Balaban J connectivity index is 1.41. The summed E-state index contributed by atoms with van der Waals surface area (Å²) in [6.07, 6.45) is 0. The first kappa shape index (κ1) is 25.5. The maximum absolute atomic E-state index is 13.2. The van der Waals surface area contributed by atoms with Gasteiger partial charge in [-0.1, -0.05) is 42.5 Å². The van der Waals surface area contributed by atoms with E-state index in [0.29, 0.717) is 49.8 Å². The Labute approximate surface area is 221 Å². The number of rotatable bonds is 8. The molecule has 3 aromatic rings. The van der Waals surface area contributed by atoms with Gasteiger partial charge in [0.15, 0.2) is 0 Å². The fourth-order valence-corrected chi connectivity index (χ4v) is 4.79. The normalized spacial score (nSPS) is 19.6. The Bertz CT molecular complexity index is 1300. The minimum Gasteiger partial charge on any atom is -0.508 e. The Morgan fingerprint density at radius 3 is 2.26 bits per heavy atom. The number of hydrogen-bond donors (Lipinski definition) is 2. The Morgan fingerprint density at radius 2 is 1.58 bits per heavy atom. The van der Waals surface area contributed by atoms with E-state index >= 15 is 0 Å². The van der Waals surface area contributed by atoms with Gasteiger partial charge in [-0.05, 0) is 47.5 Å². The van der Waals surface area contributed by atoms with Gasteiger partial charge in [0.25, 0.3) is 11.7 Å². The molecule has 2 fully saturated rings. The Morgan fingerprint density at radius 1 is 0.895 bits per heavy atom. The molecular formula is C30H30N2O6. The van der Waals surface area contributed by atoms with Crippen LogP contribution in [0.1, 0.15) is 22.7 Å². The van der Waals surface area contributed by atoms with Gasteiger partial charge in [-0.2, -0.15) is 0 Å². The van der Waals surface area contributed by atoms with Crippen LogP contribution in [0, 0.1) is 0 Å². The van der Waals surface area contributed by atoms with Gasteiger partial charge in [-0.15, -0.1) is 0 Å². The lowest BCUT2D eigenvalue weighted by molar-refractivity contribution is -0.140. The van der Waals surface area contributed by atoms with Gasteiger partial charge in [0.2, 0.25) is 0 Å². The highest BCUT2D eigenvalue weighted by Crippen LogP contribution is 2.39. The molecule has 8 nitrogen and oxygen atoms in total. The Hall–Kier alpha value is -4.14. The molecule has 5 rings (SSSR count). The van der Waals surface area contributed by atoms with E-state index in [-0.39, 0.29) is 17.1 Å². The van der Waals surface area contributed by atoms with Crippen LogP contribution in [0.4, 0.5) is 0 Å². The van der Waals surface area contributed by atoms with E-state index in [4.69, 9.17) is 9.47 Å². The first-order chi connectivity index (χ1) is 18.5. The maximum Gasteiger partial charge on any atom is 0.295 e. The number of Topliss-reactive ketones (excluding diaryl/α,β-unsaturated/α-hetero) is 1. The number of phenolic OH excluding ortho intramolecular Hbond substituents is 1. The number of nitrogens with zero attached hydrogens (tertiary/aromatic N) is 2. The third kappa shape index (κ3) is 5.56. The van der Waals surface area contributed by atoms with Gasteiger partial charge in [-0.25, -0.2) is 0 Å². The SMILES string of the molecule is O=C1C(=O)N(CCN2CCOCC2)C(c2ccc(O)cc2)/C1=C(\O)c1ccc(OCc2ccccc2)cc1. The minimum absolute atomic E-state index is 0.0284. The van der Waals surface area contributed by atoms with Crippen molar-refractivity contribution >= 4 is 17.4 Å².